The molecule has 10 heteroatoms. The topological polar surface area (TPSA) is 108 Å². The molecule has 0 bridgehead atoms. The lowest BCUT2D eigenvalue weighted by atomic mass is 10.0. The molecule has 0 radical (unpaired) electrons. The lowest BCUT2D eigenvalue weighted by Crippen LogP contribution is -2.37. The van der Waals surface area contributed by atoms with E-state index in [0.29, 0.717) is 17.4 Å². The molecule has 0 fully saturated rings. The van der Waals surface area contributed by atoms with E-state index in [1.165, 1.54) is 218 Å². The molecular formula is C88H155NO8P+. The van der Waals surface area contributed by atoms with E-state index in [1.807, 2.05) is 21.1 Å². The first kappa shape index (κ1) is 94.2. The number of quaternary nitrogens is 1. The number of hydrogen-bond donors (Lipinski definition) is 1. The maximum absolute atomic E-state index is 12.9. The summed E-state index contributed by atoms with van der Waals surface area (Å²) in [7, 11) is 1.45. The minimum Gasteiger partial charge on any atom is -0.462 e. The Hall–Kier alpha value is -3.85. The molecular weight excluding hydrogens is 1230 g/mol. The number of unbranched alkanes of at least 4 members (excludes halogenated alkanes) is 39. The molecule has 0 amide bonds. The first-order valence-electron chi connectivity index (χ1n) is 40.9. The first-order chi connectivity index (χ1) is 48.0. The fraction of sp³-hybridized carbons (Fsp3) is 0.727. The molecule has 0 saturated carbocycles. The van der Waals surface area contributed by atoms with Gasteiger partial charge in [0.25, 0.3) is 0 Å². The summed E-state index contributed by atoms with van der Waals surface area (Å²) in [4.78, 5) is 36.0. The van der Waals surface area contributed by atoms with Gasteiger partial charge < -0.3 is 18.9 Å². The van der Waals surface area contributed by atoms with Gasteiger partial charge in [0.15, 0.2) is 6.10 Å². The van der Waals surface area contributed by atoms with Crippen molar-refractivity contribution in [3.05, 3.63) is 134 Å². The Morgan fingerprint density at radius 1 is 0.327 bits per heavy atom. The molecule has 564 valence electrons. The first-order valence-corrected chi connectivity index (χ1v) is 42.4. The Morgan fingerprint density at radius 2 is 0.582 bits per heavy atom. The summed E-state index contributed by atoms with van der Waals surface area (Å²) < 4.78 is 34.8. The number of likely N-dealkylation sites (N-methyl/N-ethyl adjacent to an activating group) is 1. The molecule has 98 heavy (non-hydrogen) atoms. The lowest BCUT2D eigenvalue weighted by Gasteiger charge is -2.24. The zero-order valence-corrected chi connectivity index (χ0v) is 65.4. The predicted octanol–water partition coefficient (Wildman–Crippen LogP) is 27.5. The Labute approximate surface area is 606 Å². The highest BCUT2D eigenvalue weighted by atomic mass is 31.2. The largest absolute Gasteiger partial charge is 0.472 e. The smallest absolute Gasteiger partial charge is 0.462 e. The van der Waals surface area contributed by atoms with Crippen LogP contribution in [0.5, 0.6) is 0 Å². The number of nitrogens with zero attached hydrogens (tertiary/aromatic N) is 1. The van der Waals surface area contributed by atoms with Gasteiger partial charge in [-0.3, -0.25) is 18.6 Å². The van der Waals surface area contributed by atoms with E-state index < -0.39 is 26.5 Å². The number of carbonyl (C=O) groups is 2. The Balaban J connectivity index is 4.04. The second kappa shape index (κ2) is 77.3. The third kappa shape index (κ3) is 81.1. The van der Waals surface area contributed by atoms with Crippen molar-refractivity contribution < 1.29 is 42.1 Å². The van der Waals surface area contributed by atoms with Gasteiger partial charge in [-0.05, 0) is 96.3 Å². The number of rotatable bonds is 75. The fourth-order valence-electron chi connectivity index (χ4n) is 11.5. The highest BCUT2D eigenvalue weighted by Crippen LogP contribution is 2.43. The molecule has 0 aromatic carbocycles. The maximum atomic E-state index is 12.9. The minimum atomic E-state index is -4.41. The number of carbonyl (C=O) groups excluding carboxylic acids is 2. The second-order valence-electron chi connectivity index (χ2n) is 28.4. The van der Waals surface area contributed by atoms with Crippen LogP contribution in [0.3, 0.4) is 0 Å². The van der Waals surface area contributed by atoms with Crippen LogP contribution in [-0.2, 0) is 32.7 Å². The minimum absolute atomic E-state index is 0.0196. The summed E-state index contributed by atoms with van der Waals surface area (Å²) in [5.41, 5.74) is 0. The van der Waals surface area contributed by atoms with Gasteiger partial charge >= 0.3 is 19.8 Å². The Morgan fingerprint density at radius 3 is 0.867 bits per heavy atom. The van der Waals surface area contributed by atoms with Gasteiger partial charge in [0.1, 0.15) is 19.8 Å². The molecule has 1 N–H and O–H groups in total. The number of ether oxygens (including phenoxy) is 2. The molecule has 0 aliphatic rings. The highest BCUT2D eigenvalue weighted by Gasteiger charge is 2.27. The standard InChI is InChI=1S/C88H154NO8P/c1-6-8-10-12-14-16-18-20-22-24-26-28-30-32-34-36-38-40-42-44-46-48-50-52-54-56-58-60-62-64-66-68-70-72-74-76-78-80-87(90)94-84-86(85-96-98(92,93)95-83-82-89(3,4)5)97-88(91)81-79-77-75-73-71-69-67-65-63-61-59-57-55-53-51-49-47-45-43-41-39-37-35-33-31-29-27-25-23-21-19-17-15-13-11-9-7-2/h9,11,15,17,21,23,27,29,33,35,39,41,45,47,51,53,57,59,63,65,69,71,86H,6-8,10,12-14,16,18-20,22,24-26,28,30-32,34,36-38,40,42-44,46,48-50,52,54-56,58,60-62,64,66-68,70,72-85H2,1-5H3/p+1/b11-9-,17-15-,23-21-,29-27-,35-33-,41-39-,47-45-,53-51-,59-57-,65-63-,71-69-. The van der Waals surface area contributed by atoms with Crippen LogP contribution in [0.2, 0.25) is 0 Å². The normalized spacial score (nSPS) is 13.7. The average Bonchev–Trinajstić information content (AvgIpc) is 1.08. The maximum Gasteiger partial charge on any atom is 0.472 e. The van der Waals surface area contributed by atoms with Crippen molar-refractivity contribution in [2.75, 3.05) is 47.5 Å². The van der Waals surface area contributed by atoms with Crippen molar-refractivity contribution in [1.29, 1.82) is 0 Å². The Bertz CT molecular complexity index is 2120. The van der Waals surface area contributed by atoms with Crippen molar-refractivity contribution >= 4 is 19.8 Å². The van der Waals surface area contributed by atoms with E-state index in [4.69, 9.17) is 18.5 Å². The van der Waals surface area contributed by atoms with E-state index in [9.17, 15) is 19.0 Å². The summed E-state index contributed by atoms with van der Waals surface area (Å²) in [6, 6.07) is 0. The van der Waals surface area contributed by atoms with Gasteiger partial charge in [-0.2, -0.15) is 0 Å². The molecule has 0 spiro atoms. The zero-order chi connectivity index (χ0) is 71.1. The summed E-state index contributed by atoms with van der Waals surface area (Å²) in [5.74, 6) is -0.831. The molecule has 0 saturated heterocycles. The van der Waals surface area contributed by atoms with E-state index in [0.717, 1.165) is 109 Å². The van der Waals surface area contributed by atoms with Gasteiger partial charge in [-0.1, -0.05) is 385 Å². The van der Waals surface area contributed by atoms with Crippen LogP contribution in [0.25, 0.3) is 0 Å². The summed E-state index contributed by atoms with van der Waals surface area (Å²) in [5, 5.41) is 0. The molecule has 9 nitrogen and oxygen atoms in total. The van der Waals surface area contributed by atoms with Crippen LogP contribution < -0.4 is 0 Å². The monoisotopic (exact) mass is 1390 g/mol. The number of hydrogen-bond acceptors (Lipinski definition) is 7. The van der Waals surface area contributed by atoms with E-state index in [1.54, 1.807) is 0 Å². The quantitative estimate of drug-likeness (QED) is 0.0211. The van der Waals surface area contributed by atoms with Crippen LogP contribution in [0.15, 0.2) is 134 Å². The third-order valence-corrected chi connectivity index (χ3v) is 18.7. The molecule has 0 aliphatic carbocycles. The second-order valence-corrected chi connectivity index (χ2v) is 29.9. The zero-order valence-electron chi connectivity index (χ0n) is 64.5. The molecule has 0 aromatic rings. The van der Waals surface area contributed by atoms with Crippen LogP contribution in [-0.4, -0.2) is 74.9 Å². The number of phosphoric ester groups is 1. The van der Waals surface area contributed by atoms with Crippen LogP contribution in [0.1, 0.15) is 361 Å². The highest BCUT2D eigenvalue weighted by molar-refractivity contribution is 7.47. The van der Waals surface area contributed by atoms with Crippen molar-refractivity contribution in [1.82, 2.24) is 0 Å². The van der Waals surface area contributed by atoms with E-state index in [-0.39, 0.29) is 32.0 Å². The average molecular weight is 1390 g/mol. The van der Waals surface area contributed by atoms with Crippen LogP contribution >= 0.6 is 7.82 Å². The fourth-order valence-corrected chi connectivity index (χ4v) is 12.2. The van der Waals surface area contributed by atoms with Crippen molar-refractivity contribution in [2.24, 2.45) is 0 Å². The van der Waals surface area contributed by atoms with Crippen molar-refractivity contribution in [2.45, 2.75) is 367 Å². The van der Waals surface area contributed by atoms with Crippen molar-refractivity contribution in [3.63, 3.8) is 0 Å². The Kier molecular flexibility index (Phi) is 74.3. The summed E-state index contributed by atoms with van der Waals surface area (Å²) >= 11 is 0. The van der Waals surface area contributed by atoms with Crippen molar-refractivity contribution in [3.8, 4) is 0 Å². The number of phosphoric acid groups is 1. The predicted molar refractivity (Wildman–Crippen MR) is 427 cm³/mol. The lowest BCUT2D eigenvalue weighted by molar-refractivity contribution is -0.870. The number of esters is 2. The van der Waals surface area contributed by atoms with Gasteiger partial charge in [0.05, 0.1) is 27.7 Å². The SMILES string of the molecule is CC/C=C\C/C=C\C/C=C\C/C=C\C/C=C\C/C=C\C/C=C\C/C=C\C/C=C\C/C=C\C/C=C\CCCCCC(=O)OC(COC(=O)CCCCCCCCCCCCCCCCCCCCCCCCCCCCCCCCCCCCCCC)COP(=O)(O)OCC[N+](C)(C)C. The van der Waals surface area contributed by atoms with Crippen LogP contribution in [0, 0.1) is 0 Å². The van der Waals surface area contributed by atoms with E-state index >= 15 is 0 Å². The van der Waals surface area contributed by atoms with Gasteiger partial charge in [0.2, 0.25) is 0 Å². The van der Waals surface area contributed by atoms with Gasteiger partial charge in [-0.25, -0.2) is 4.57 Å². The van der Waals surface area contributed by atoms with Gasteiger partial charge in [-0.15, -0.1) is 0 Å². The van der Waals surface area contributed by atoms with E-state index in [2.05, 4.69) is 148 Å². The molecule has 2 unspecified atom stereocenters. The molecule has 0 aliphatic heterocycles. The summed E-state index contributed by atoms with van der Waals surface area (Å²) in [6.45, 7) is 4.32. The molecule has 2 atom stereocenters. The molecule has 0 heterocycles. The third-order valence-electron chi connectivity index (χ3n) is 17.7. The van der Waals surface area contributed by atoms with Gasteiger partial charge in [0, 0.05) is 12.8 Å². The van der Waals surface area contributed by atoms with Crippen LogP contribution in [0.4, 0.5) is 0 Å². The number of allylic oxidation sites excluding steroid dienone is 22. The molecule has 0 rings (SSSR count). The summed E-state index contributed by atoms with van der Waals surface area (Å²) in [6.07, 6.45) is 113. The molecule has 0 aromatic heterocycles.